The normalized spacial score (nSPS) is 19.0. The molecule has 0 saturated carbocycles. The third-order valence-electron chi connectivity index (χ3n) is 3.23. The minimum Gasteiger partial charge on any atom is -0.301 e. The summed E-state index contributed by atoms with van der Waals surface area (Å²) in [4.78, 5) is 2.61. The third-order valence-corrected chi connectivity index (χ3v) is 6.14. The van der Waals surface area contributed by atoms with Crippen LogP contribution in [0.2, 0.25) is 0 Å². The molecule has 1 fully saturated rings. The summed E-state index contributed by atoms with van der Waals surface area (Å²) in [6.45, 7) is 5.82. The first-order valence-electron chi connectivity index (χ1n) is 6.02. The number of rotatable bonds is 3. The average molecular weight is 333 g/mol. The van der Waals surface area contributed by atoms with Crippen LogP contribution in [-0.4, -0.2) is 50.3 Å². The van der Waals surface area contributed by atoms with Gasteiger partial charge in [-0.2, -0.15) is 4.31 Å². The standard InChI is InChI=1S/C12H17BrN2O2S/c1-2-14-7-9-15(10-8-14)18(16,17)12-6-4-3-5-11(12)13/h3-6H,2,7-10H2,1H3. The quantitative estimate of drug-likeness (QED) is 0.847. The molecule has 0 aromatic heterocycles. The Hall–Kier alpha value is -0.430. The molecule has 0 N–H and O–H groups in total. The van der Waals surface area contributed by atoms with Gasteiger partial charge in [-0.3, -0.25) is 0 Å². The van der Waals surface area contributed by atoms with Crippen molar-refractivity contribution < 1.29 is 8.42 Å². The molecule has 0 amide bonds. The molecule has 1 aromatic carbocycles. The summed E-state index contributed by atoms with van der Waals surface area (Å²) >= 11 is 3.31. The van der Waals surface area contributed by atoms with Crippen LogP contribution in [0.15, 0.2) is 33.6 Å². The number of hydrogen-bond acceptors (Lipinski definition) is 3. The van der Waals surface area contributed by atoms with Crippen LogP contribution >= 0.6 is 15.9 Å². The Labute approximate surface area is 117 Å². The molecule has 1 aliphatic heterocycles. The van der Waals surface area contributed by atoms with Crippen LogP contribution in [0.4, 0.5) is 0 Å². The molecular formula is C12H17BrN2O2S. The highest BCUT2D eigenvalue weighted by Gasteiger charge is 2.29. The van der Waals surface area contributed by atoms with Gasteiger partial charge in [-0.15, -0.1) is 0 Å². The van der Waals surface area contributed by atoms with Crippen LogP contribution in [0.25, 0.3) is 0 Å². The average Bonchev–Trinajstić information content (AvgIpc) is 2.39. The van der Waals surface area contributed by atoms with Gasteiger partial charge in [0.2, 0.25) is 10.0 Å². The number of hydrogen-bond donors (Lipinski definition) is 0. The second kappa shape index (κ2) is 5.69. The molecular weight excluding hydrogens is 316 g/mol. The largest absolute Gasteiger partial charge is 0.301 e. The van der Waals surface area contributed by atoms with Gasteiger partial charge < -0.3 is 4.90 Å². The van der Waals surface area contributed by atoms with E-state index in [0.29, 0.717) is 22.5 Å². The Balaban J connectivity index is 2.20. The molecule has 18 heavy (non-hydrogen) atoms. The molecule has 100 valence electrons. The van der Waals surface area contributed by atoms with Crippen molar-refractivity contribution in [3.05, 3.63) is 28.7 Å². The first-order valence-corrected chi connectivity index (χ1v) is 8.26. The van der Waals surface area contributed by atoms with Gasteiger partial charge in [-0.1, -0.05) is 19.1 Å². The summed E-state index contributed by atoms with van der Waals surface area (Å²) in [5, 5.41) is 0. The summed E-state index contributed by atoms with van der Waals surface area (Å²) in [7, 11) is -3.36. The fraction of sp³-hybridized carbons (Fsp3) is 0.500. The molecule has 0 aliphatic carbocycles. The molecule has 6 heteroatoms. The minimum absolute atomic E-state index is 0.356. The molecule has 1 aliphatic rings. The van der Waals surface area contributed by atoms with Crippen LogP contribution in [-0.2, 0) is 10.0 Å². The van der Waals surface area contributed by atoms with Gasteiger partial charge in [0.25, 0.3) is 0 Å². The van der Waals surface area contributed by atoms with Crippen molar-refractivity contribution in [3.63, 3.8) is 0 Å². The number of sulfonamides is 1. The zero-order valence-corrected chi connectivity index (χ0v) is 12.7. The second-order valence-electron chi connectivity index (χ2n) is 4.27. The Kier molecular flexibility index (Phi) is 4.42. The lowest BCUT2D eigenvalue weighted by Gasteiger charge is -2.33. The molecule has 4 nitrogen and oxygen atoms in total. The number of benzene rings is 1. The molecule has 1 aromatic rings. The van der Waals surface area contributed by atoms with Crippen molar-refractivity contribution >= 4 is 26.0 Å². The van der Waals surface area contributed by atoms with E-state index in [2.05, 4.69) is 27.8 Å². The number of likely N-dealkylation sites (N-methyl/N-ethyl adjacent to an activating group) is 1. The molecule has 0 radical (unpaired) electrons. The highest BCUT2D eigenvalue weighted by molar-refractivity contribution is 9.10. The van der Waals surface area contributed by atoms with Crippen molar-refractivity contribution in [2.45, 2.75) is 11.8 Å². The van der Waals surface area contributed by atoms with Gasteiger partial charge in [-0.05, 0) is 34.6 Å². The topological polar surface area (TPSA) is 40.6 Å². The van der Waals surface area contributed by atoms with E-state index in [0.717, 1.165) is 19.6 Å². The monoisotopic (exact) mass is 332 g/mol. The van der Waals surface area contributed by atoms with Crippen LogP contribution in [0.1, 0.15) is 6.92 Å². The van der Waals surface area contributed by atoms with Gasteiger partial charge in [0, 0.05) is 30.7 Å². The second-order valence-corrected chi connectivity index (χ2v) is 7.03. The van der Waals surface area contributed by atoms with E-state index in [1.807, 2.05) is 6.07 Å². The first kappa shape index (κ1) is 14.0. The summed E-state index contributed by atoms with van der Waals surface area (Å²) in [5.41, 5.74) is 0. The zero-order valence-electron chi connectivity index (χ0n) is 10.3. The summed E-state index contributed by atoms with van der Waals surface area (Å²) in [5.74, 6) is 0. The third kappa shape index (κ3) is 2.77. The van der Waals surface area contributed by atoms with E-state index in [1.54, 1.807) is 22.5 Å². The lowest BCUT2D eigenvalue weighted by molar-refractivity contribution is 0.196. The number of piperazine rings is 1. The lowest BCUT2D eigenvalue weighted by Crippen LogP contribution is -2.48. The Morgan fingerprint density at radius 3 is 2.33 bits per heavy atom. The molecule has 0 spiro atoms. The maximum atomic E-state index is 12.5. The Bertz CT molecular complexity index is 511. The van der Waals surface area contributed by atoms with Crippen molar-refractivity contribution in [3.8, 4) is 0 Å². The van der Waals surface area contributed by atoms with E-state index in [1.165, 1.54) is 0 Å². The number of halogens is 1. The fourth-order valence-electron chi connectivity index (χ4n) is 2.08. The van der Waals surface area contributed by atoms with E-state index in [-0.39, 0.29) is 0 Å². The minimum atomic E-state index is -3.36. The van der Waals surface area contributed by atoms with Gasteiger partial charge >= 0.3 is 0 Å². The van der Waals surface area contributed by atoms with E-state index >= 15 is 0 Å². The highest BCUT2D eigenvalue weighted by atomic mass is 79.9. The van der Waals surface area contributed by atoms with Crippen molar-refractivity contribution in [2.24, 2.45) is 0 Å². The summed E-state index contributed by atoms with van der Waals surface area (Å²) in [6, 6.07) is 6.97. The molecule has 0 atom stereocenters. The van der Waals surface area contributed by atoms with Crippen molar-refractivity contribution in [1.29, 1.82) is 0 Å². The van der Waals surface area contributed by atoms with Crippen molar-refractivity contribution in [2.75, 3.05) is 32.7 Å². The predicted octanol–water partition coefficient (Wildman–Crippen LogP) is 1.78. The molecule has 0 bridgehead atoms. The molecule has 0 unspecified atom stereocenters. The molecule has 1 heterocycles. The van der Waals surface area contributed by atoms with Gasteiger partial charge in [0.05, 0.1) is 4.90 Å². The van der Waals surface area contributed by atoms with Crippen LogP contribution in [0.3, 0.4) is 0 Å². The smallest absolute Gasteiger partial charge is 0.244 e. The number of nitrogens with zero attached hydrogens (tertiary/aromatic N) is 2. The lowest BCUT2D eigenvalue weighted by atomic mass is 10.4. The maximum Gasteiger partial charge on any atom is 0.244 e. The zero-order chi connectivity index (χ0) is 13.2. The van der Waals surface area contributed by atoms with Gasteiger partial charge in [-0.25, -0.2) is 8.42 Å². The van der Waals surface area contributed by atoms with Gasteiger partial charge in [0.15, 0.2) is 0 Å². The first-order chi connectivity index (χ1) is 8.55. The SMILES string of the molecule is CCN1CCN(S(=O)(=O)c2ccccc2Br)CC1. The Morgan fingerprint density at radius 2 is 1.78 bits per heavy atom. The highest BCUT2D eigenvalue weighted by Crippen LogP contribution is 2.25. The molecule has 2 rings (SSSR count). The van der Waals surface area contributed by atoms with E-state index in [4.69, 9.17) is 0 Å². The molecule has 1 saturated heterocycles. The maximum absolute atomic E-state index is 12.5. The van der Waals surface area contributed by atoms with Crippen LogP contribution in [0, 0.1) is 0 Å². The summed E-state index contributed by atoms with van der Waals surface area (Å²) < 4.78 is 27.2. The van der Waals surface area contributed by atoms with Crippen molar-refractivity contribution in [1.82, 2.24) is 9.21 Å². The van der Waals surface area contributed by atoms with Crippen LogP contribution in [0.5, 0.6) is 0 Å². The van der Waals surface area contributed by atoms with Crippen LogP contribution < -0.4 is 0 Å². The van der Waals surface area contributed by atoms with Gasteiger partial charge in [0.1, 0.15) is 0 Å². The summed E-state index contributed by atoms with van der Waals surface area (Å²) in [6.07, 6.45) is 0. The van der Waals surface area contributed by atoms with E-state index < -0.39 is 10.0 Å². The predicted molar refractivity (Wildman–Crippen MR) is 75.0 cm³/mol. The fourth-order valence-corrected chi connectivity index (χ4v) is 4.46. The Morgan fingerprint density at radius 1 is 1.17 bits per heavy atom. The van der Waals surface area contributed by atoms with E-state index in [9.17, 15) is 8.42 Å².